The number of alkyl halides is 2. The van der Waals surface area contributed by atoms with Crippen LogP contribution in [0.2, 0.25) is 0 Å². The number of halogens is 2. The van der Waals surface area contributed by atoms with Crippen molar-refractivity contribution in [2.24, 2.45) is 5.73 Å². The predicted molar refractivity (Wildman–Crippen MR) is 56.6 cm³/mol. The lowest BCUT2D eigenvalue weighted by Gasteiger charge is -2.11. The summed E-state index contributed by atoms with van der Waals surface area (Å²) in [5.41, 5.74) is 5.79. The molecule has 0 radical (unpaired) electrons. The van der Waals surface area contributed by atoms with Crippen LogP contribution >= 0.6 is 11.3 Å². The highest BCUT2D eigenvalue weighted by atomic mass is 32.1. The molecule has 15 heavy (non-hydrogen) atoms. The third-order valence-corrected chi connectivity index (χ3v) is 5.11. The van der Waals surface area contributed by atoms with Crippen molar-refractivity contribution in [1.29, 1.82) is 0 Å². The van der Waals surface area contributed by atoms with Crippen LogP contribution in [0.3, 0.4) is 0 Å². The van der Waals surface area contributed by atoms with Crippen LogP contribution in [0.4, 0.5) is 8.78 Å². The van der Waals surface area contributed by atoms with Gasteiger partial charge < -0.3 is 5.73 Å². The molecule has 1 saturated carbocycles. The minimum Gasteiger partial charge on any atom is -0.329 e. The van der Waals surface area contributed by atoms with Crippen LogP contribution in [0, 0.1) is 0 Å². The minimum absolute atomic E-state index is 0.0596. The molecule has 2 aliphatic carbocycles. The number of fused-ring (bicyclic) bond motifs is 1. The van der Waals surface area contributed by atoms with E-state index >= 15 is 0 Å². The van der Waals surface area contributed by atoms with Crippen LogP contribution in [0.1, 0.15) is 28.2 Å². The van der Waals surface area contributed by atoms with Crippen LogP contribution in [-0.2, 0) is 18.3 Å². The fraction of sp³-hybridized carbons (Fsp3) is 0.636. The van der Waals surface area contributed by atoms with E-state index in [4.69, 9.17) is 5.73 Å². The fourth-order valence-electron chi connectivity index (χ4n) is 2.49. The molecule has 3 rings (SSSR count). The van der Waals surface area contributed by atoms with Gasteiger partial charge in [0.25, 0.3) is 5.92 Å². The van der Waals surface area contributed by atoms with E-state index in [-0.39, 0.29) is 13.0 Å². The van der Waals surface area contributed by atoms with E-state index in [2.05, 4.69) is 0 Å². The van der Waals surface area contributed by atoms with Gasteiger partial charge in [0.05, 0.1) is 5.41 Å². The first-order chi connectivity index (χ1) is 7.09. The maximum absolute atomic E-state index is 13.3. The molecule has 0 aliphatic heterocycles. The normalized spacial score (nSPS) is 31.7. The third kappa shape index (κ3) is 1.15. The molecule has 0 bridgehead atoms. The van der Waals surface area contributed by atoms with Crippen molar-refractivity contribution in [1.82, 2.24) is 0 Å². The first-order valence-electron chi connectivity index (χ1n) is 5.29. The summed E-state index contributed by atoms with van der Waals surface area (Å²) in [5, 5.41) is 0. The van der Waals surface area contributed by atoms with Crippen molar-refractivity contribution in [3.63, 3.8) is 0 Å². The van der Waals surface area contributed by atoms with E-state index in [1.165, 1.54) is 16.9 Å². The fourth-order valence-corrected chi connectivity index (χ4v) is 3.99. The highest BCUT2D eigenvalue weighted by Crippen LogP contribution is 2.62. The molecule has 1 heterocycles. The molecule has 1 fully saturated rings. The van der Waals surface area contributed by atoms with E-state index in [9.17, 15) is 8.78 Å². The SMILES string of the molecule is NCC1(c2cc3c(s2)CCC3)CC1(F)F. The molecule has 2 aliphatic rings. The number of hydrogen-bond acceptors (Lipinski definition) is 2. The van der Waals surface area contributed by atoms with Crippen molar-refractivity contribution < 1.29 is 8.78 Å². The van der Waals surface area contributed by atoms with Gasteiger partial charge in [-0.25, -0.2) is 8.78 Å². The average Bonchev–Trinajstić information content (AvgIpc) is 2.58. The molecule has 82 valence electrons. The summed E-state index contributed by atoms with van der Waals surface area (Å²) in [6.45, 7) is 0.0688. The van der Waals surface area contributed by atoms with Crippen LogP contribution in [-0.4, -0.2) is 12.5 Å². The lowest BCUT2D eigenvalue weighted by atomic mass is 10.0. The maximum atomic E-state index is 13.3. The van der Waals surface area contributed by atoms with E-state index in [1.54, 1.807) is 11.3 Å². The second-order valence-electron chi connectivity index (χ2n) is 4.58. The topological polar surface area (TPSA) is 26.0 Å². The average molecular weight is 229 g/mol. The zero-order valence-electron chi connectivity index (χ0n) is 8.35. The summed E-state index contributed by atoms with van der Waals surface area (Å²) in [6, 6.07) is 1.97. The quantitative estimate of drug-likeness (QED) is 0.828. The lowest BCUT2D eigenvalue weighted by Crippen LogP contribution is -2.25. The van der Waals surface area contributed by atoms with Crippen molar-refractivity contribution in [2.75, 3.05) is 6.54 Å². The van der Waals surface area contributed by atoms with Gasteiger partial charge in [0.1, 0.15) is 0 Å². The number of aryl methyl sites for hydroxylation is 2. The van der Waals surface area contributed by atoms with Gasteiger partial charge in [-0.1, -0.05) is 0 Å². The first-order valence-corrected chi connectivity index (χ1v) is 6.11. The Bertz CT molecular complexity index is 391. The van der Waals surface area contributed by atoms with Crippen LogP contribution < -0.4 is 5.73 Å². The van der Waals surface area contributed by atoms with Gasteiger partial charge in [-0.15, -0.1) is 11.3 Å². The van der Waals surface area contributed by atoms with E-state index in [0.29, 0.717) is 0 Å². The van der Waals surface area contributed by atoms with Gasteiger partial charge in [0.15, 0.2) is 0 Å². The number of rotatable bonds is 2. The Hall–Kier alpha value is -0.480. The van der Waals surface area contributed by atoms with Crippen molar-refractivity contribution >= 4 is 11.3 Å². The summed E-state index contributed by atoms with van der Waals surface area (Å²) in [7, 11) is 0. The van der Waals surface area contributed by atoms with E-state index in [1.807, 2.05) is 6.07 Å². The number of hydrogen-bond donors (Lipinski definition) is 1. The molecule has 2 N–H and O–H groups in total. The summed E-state index contributed by atoms with van der Waals surface area (Å²) in [6.07, 6.45) is 3.23. The Morgan fingerprint density at radius 2 is 2.13 bits per heavy atom. The zero-order valence-corrected chi connectivity index (χ0v) is 9.17. The zero-order chi connectivity index (χ0) is 10.7. The Morgan fingerprint density at radius 1 is 1.40 bits per heavy atom. The van der Waals surface area contributed by atoms with E-state index in [0.717, 1.165) is 17.7 Å². The van der Waals surface area contributed by atoms with Gasteiger partial charge in [0.2, 0.25) is 0 Å². The summed E-state index contributed by atoms with van der Waals surface area (Å²) in [5.74, 6) is -2.57. The number of nitrogens with two attached hydrogens (primary N) is 1. The van der Waals surface area contributed by atoms with Gasteiger partial charge >= 0.3 is 0 Å². The smallest absolute Gasteiger partial charge is 0.261 e. The molecule has 1 aromatic heterocycles. The van der Waals surface area contributed by atoms with Crippen LogP contribution in [0.15, 0.2) is 6.07 Å². The van der Waals surface area contributed by atoms with Crippen LogP contribution in [0.5, 0.6) is 0 Å². The molecular formula is C11H13F2NS. The van der Waals surface area contributed by atoms with Crippen molar-refractivity contribution in [2.45, 2.75) is 37.0 Å². The second-order valence-corrected chi connectivity index (χ2v) is 5.72. The summed E-state index contributed by atoms with van der Waals surface area (Å²) in [4.78, 5) is 2.13. The molecule has 0 amide bonds. The van der Waals surface area contributed by atoms with Crippen molar-refractivity contribution in [3.05, 3.63) is 21.4 Å². The third-order valence-electron chi connectivity index (χ3n) is 3.67. The Kier molecular flexibility index (Phi) is 1.81. The van der Waals surface area contributed by atoms with Gasteiger partial charge in [-0.05, 0) is 30.9 Å². The maximum Gasteiger partial charge on any atom is 0.261 e. The van der Waals surface area contributed by atoms with Crippen LogP contribution in [0.25, 0.3) is 0 Å². The van der Waals surface area contributed by atoms with E-state index < -0.39 is 11.3 Å². The Morgan fingerprint density at radius 3 is 2.67 bits per heavy atom. The minimum atomic E-state index is -2.57. The molecule has 0 aromatic carbocycles. The first kappa shape index (κ1) is 9.73. The van der Waals surface area contributed by atoms with Gasteiger partial charge in [-0.3, -0.25) is 0 Å². The highest BCUT2D eigenvalue weighted by Gasteiger charge is 2.71. The van der Waals surface area contributed by atoms with Gasteiger partial charge in [0, 0.05) is 22.7 Å². The Balaban J connectivity index is 2.00. The molecule has 4 heteroatoms. The Labute approximate surface area is 91.3 Å². The monoisotopic (exact) mass is 229 g/mol. The number of thiophene rings is 1. The summed E-state index contributed by atoms with van der Waals surface area (Å²) >= 11 is 1.56. The molecular weight excluding hydrogens is 216 g/mol. The summed E-state index contributed by atoms with van der Waals surface area (Å²) < 4.78 is 26.7. The molecule has 0 spiro atoms. The largest absolute Gasteiger partial charge is 0.329 e. The molecule has 1 atom stereocenters. The second kappa shape index (κ2) is 2.80. The molecule has 1 nitrogen and oxygen atoms in total. The molecule has 1 aromatic rings. The lowest BCUT2D eigenvalue weighted by molar-refractivity contribution is 0.0904. The van der Waals surface area contributed by atoms with Gasteiger partial charge in [-0.2, -0.15) is 0 Å². The highest BCUT2D eigenvalue weighted by molar-refractivity contribution is 7.12. The standard InChI is InChI=1S/C11H13F2NS/c12-11(13)5-10(11,6-14)9-4-7-2-1-3-8(7)15-9/h4H,1-3,5-6,14H2. The molecule has 0 saturated heterocycles. The van der Waals surface area contributed by atoms with Crippen molar-refractivity contribution in [3.8, 4) is 0 Å². The predicted octanol–water partition coefficient (Wildman–Crippen LogP) is 2.47. The molecule has 1 unspecified atom stereocenters.